The third-order valence-electron chi connectivity index (χ3n) is 4.13. The molecule has 0 aliphatic rings. The second kappa shape index (κ2) is 6.31. The molecule has 0 fully saturated rings. The van der Waals surface area contributed by atoms with Gasteiger partial charge in [0, 0.05) is 10.9 Å². The van der Waals surface area contributed by atoms with Crippen LogP contribution in [-0.4, -0.2) is 17.4 Å². The quantitative estimate of drug-likeness (QED) is 0.713. The van der Waals surface area contributed by atoms with Crippen LogP contribution >= 0.6 is 0 Å². The van der Waals surface area contributed by atoms with Crippen molar-refractivity contribution in [2.75, 3.05) is 0 Å². The summed E-state index contributed by atoms with van der Waals surface area (Å²) in [6.07, 6.45) is 0. The van der Waals surface area contributed by atoms with Crippen molar-refractivity contribution in [1.29, 1.82) is 0 Å². The van der Waals surface area contributed by atoms with Crippen molar-refractivity contribution in [3.05, 3.63) is 66.2 Å². The second-order valence-corrected chi connectivity index (χ2v) is 6.90. The highest BCUT2D eigenvalue weighted by atomic mass is 16.6. The average molecular weight is 320 g/mol. The van der Waals surface area contributed by atoms with Crippen LogP contribution in [0.5, 0.6) is 5.75 Å². The molecular formula is C20H21BO3. The van der Waals surface area contributed by atoms with Gasteiger partial charge in [0.2, 0.25) is 0 Å². The summed E-state index contributed by atoms with van der Waals surface area (Å²) in [5.74, 6) is 0.486. The van der Waals surface area contributed by atoms with Crippen molar-refractivity contribution < 1.29 is 14.7 Å². The van der Waals surface area contributed by atoms with Crippen LogP contribution < -0.4 is 4.65 Å². The molecule has 0 heterocycles. The fourth-order valence-electron chi connectivity index (χ4n) is 3.06. The van der Waals surface area contributed by atoms with E-state index in [1.807, 2.05) is 54.6 Å². The standard InChI is InChI=1S/C20H21BO3/c1-20(2,3)18-11-7-6-10-16(18)17-13-12-14-8-4-5-9-15(14)19(17)24-21(22)23/h4-13,22-23H,1-3H3. The molecule has 0 aliphatic carbocycles. The lowest BCUT2D eigenvalue weighted by Crippen LogP contribution is -2.21. The van der Waals surface area contributed by atoms with Crippen molar-refractivity contribution in [2.45, 2.75) is 26.2 Å². The Labute approximate surface area is 142 Å². The van der Waals surface area contributed by atoms with Crippen molar-refractivity contribution in [2.24, 2.45) is 0 Å². The summed E-state index contributed by atoms with van der Waals surface area (Å²) >= 11 is 0. The first-order chi connectivity index (χ1) is 11.4. The molecular weight excluding hydrogens is 299 g/mol. The maximum atomic E-state index is 9.40. The molecule has 0 amide bonds. The van der Waals surface area contributed by atoms with Crippen LogP contribution in [0.15, 0.2) is 60.7 Å². The molecule has 3 aromatic carbocycles. The molecule has 0 radical (unpaired) electrons. The minimum absolute atomic E-state index is 0.0443. The van der Waals surface area contributed by atoms with Gasteiger partial charge < -0.3 is 14.7 Å². The first-order valence-electron chi connectivity index (χ1n) is 8.02. The predicted molar refractivity (Wildman–Crippen MR) is 98.9 cm³/mol. The zero-order chi connectivity index (χ0) is 17.3. The second-order valence-electron chi connectivity index (χ2n) is 6.90. The number of hydrogen-bond donors (Lipinski definition) is 2. The van der Waals surface area contributed by atoms with Crippen LogP contribution in [-0.2, 0) is 5.41 Å². The summed E-state index contributed by atoms with van der Waals surface area (Å²) in [6, 6.07) is 19.9. The molecule has 0 bridgehead atoms. The van der Waals surface area contributed by atoms with E-state index in [9.17, 15) is 10.0 Å². The van der Waals surface area contributed by atoms with E-state index >= 15 is 0 Å². The lowest BCUT2D eigenvalue weighted by molar-refractivity contribution is 0.290. The number of hydrogen-bond acceptors (Lipinski definition) is 3. The Morgan fingerprint density at radius 2 is 1.46 bits per heavy atom. The van der Waals surface area contributed by atoms with Gasteiger partial charge in [0.1, 0.15) is 5.75 Å². The molecule has 0 atom stereocenters. The summed E-state index contributed by atoms with van der Waals surface area (Å²) in [4.78, 5) is 0. The summed E-state index contributed by atoms with van der Waals surface area (Å²) < 4.78 is 5.39. The van der Waals surface area contributed by atoms with Crippen molar-refractivity contribution in [3.8, 4) is 16.9 Å². The Bertz CT molecular complexity index is 866. The smallest absolute Gasteiger partial charge is 0.511 e. The zero-order valence-electron chi connectivity index (χ0n) is 14.2. The van der Waals surface area contributed by atoms with Crippen LogP contribution in [0.2, 0.25) is 0 Å². The van der Waals surface area contributed by atoms with E-state index in [1.54, 1.807) is 0 Å². The first-order valence-corrected chi connectivity index (χ1v) is 8.02. The molecule has 3 nitrogen and oxygen atoms in total. The molecule has 0 saturated heterocycles. The van der Waals surface area contributed by atoms with Gasteiger partial charge >= 0.3 is 7.32 Å². The van der Waals surface area contributed by atoms with E-state index in [2.05, 4.69) is 26.8 Å². The van der Waals surface area contributed by atoms with Crippen LogP contribution in [0, 0.1) is 0 Å². The van der Waals surface area contributed by atoms with Gasteiger partial charge in [-0.1, -0.05) is 81.4 Å². The average Bonchev–Trinajstić information content (AvgIpc) is 2.54. The summed E-state index contributed by atoms with van der Waals surface area (Å²) in [6.45, 7) is 6.48. The van der Waals surface area contributed by atoms with E-state index < -0.39 is 7.32 Å². The van der Waals surface area contributed by atoms with E-state index in [4.69, 9.17) is 4.65 Å². The Hall–Kier alpha value is -2.30. The normalized spacial score (nSPS) is 11.5. The topological polar surface area (TPSA) is 49.7 Å². The molecule has 0 aliphatic heterocycles. The molecule has 3 aromatic rings. The summed E-state index contributed by atoms with van der Waals surface area (Å²) in [7, 11) is -1.86. The highest BCUT2D eigenvalue weighted by molar-refractivity contribution is 6.34. The minimum atomic E-state index is -1.86. The van der Waals surface area contributed by atoms with Gasteiger partial charge in [-0.05, 0) is 21.9 Å². The molecule has 3 rings (SSSR count). The maximum absolute atomic E-state index is 9.40. The minimum Gasteiger partial charge on any atom is -0.511 e. The Kier molecular flexibility index (Phi) is 4.35. The highest BCUT2D eigenvalue weighted by Crippen LogP contribution is 2.41. The van der Waals surface area contributed by atoms with Crippen molar-refractivity contribution in [1.82, 2.24) is 0 Å². The van der Waals surface area contributed by atoms with Crippen LogP contribution in [0.1, 0.15) is 26.3 Å². The Morgan fingerprint density at radius 1 is 0.792 bits per heavy atom. The zero-order valence-corrected chi connectivity index (χ0v) is 14.2. The summed E-state index contributed by atoms with van der Waals surface area (Å²) in [5, 5.41) is 20.6. The maximum Gasteiger partial charge on any atom is 0.707 e. The molecule has 0 aromatic heterocycles. The van der Waals surface area contributed by atoms with Gasteiger partial charge in [-0.25, -0.2) is 0 Å². The van der Waals surface area contributed by atoms with Crippen molar-refractivity contribution >= 4 is 18.1 Å². The highest BCUT2D eigenvalue weighted by Gasteiger charge is 2.23. The Balaban J connectivity index is 2.31. The monoisotopic (exact) mass is 320 g/mol. The Morgan fingerprint density at radius 3 is 2.17 bits per heavy atom. The van der Waals surface area contributed by atoms with E-state index in [0.29, 0.717) is 5.75 Å². The molecule has 4 heteroatoms. The van der Waals surface area contributed by atoms with Crippen molar-refractivity contribution in [3.63, 3.8) is 0 Å². The lowest BCUT2D eigenvalue weighted by atomic mass is 9.81. The molecule has 0 spiro atoms. The lowest BCUT2D eigenvalue weighted by Gasteiger charge is -2.24. The van der Waals surface area contributed by atoms with Crippen LogP contribution in [0.4, 0.5) is 0 Å². The van der Waals surface area contributed by atoms with E-state index in [1.165, 1.54) is 5.56 Å². The van der Waals surface area contributed by atoms with Crippen LogP contribution in [0.25, 0.3) is 21.9 Å². The third kappa shape index (κ3) is 3.16. The van der Waals surface area contributed by atoms with Gasteiger partial charge in [-0.3, -0.25) is 0 Å². The largest absolute Gasteiger partial charge is 0.707 e. The van der Waals surface area contributed by atoms with Gasteiger partial charge in [-0.15, -0.1) is 0 Å². The van der Waals surface area contributed by atoms with Gasteiger partial charge in [0.05, 0.1) is 0 Å². The predicted octanol–water partition coefficient (Wildman–Crippen LogP) is 4.15. The molecule has 2 N–H and O–H groups in total. The van der Waals surface area contributed by atoms with Gasteiger partial charge in [0.25, 0.3) is 0 Å². The molecule has 0 unspecified atom stereocenters. The fraction of sp³-hybridized carbons (Fsp3) is 0.200. The number of fused-ring (bicyclic) bond motifs is 1. The van der Waals surface area contributed by atoms with E-state index in [-0.39, 0.29) is 5.41 Å². The van der Waals surface area contributed by atoms with Gasteiger partial charge in [-0.2, -0.15) is 0 Å². The first kappa shape index (κ1) is 16.6. The number of rotatable bonds is 3. The molecule has 24 heavy (non-hydrogen) atoms. The number of benzene rings is 3. The fourth-order valence-corrected chi connectivity index (χ4v) is 3.06. The SMILES string of the molecule is CC(C)(C)c1ccccc1-c1ccc2ccccc2c1OB(O)O. The molecule has 122 valence electrons. The third-order valence-corrected chi connectivity index (χ3v) is 4.13. The van der Waals surface area contributed by atoms with Gasteiger partial charge in [0.15, 0.2) is 0 Å². The molecule has 0 saturated carbocycles. The van der Waals surface area contributed by atoms with E-state index in [0.717, 1.165) is 21.9 Å². The summed E-state index contributed by atoms with van der Waals surface area (Å²) in [5.41, 5.74) is 3.02. The van der Waals surface area contributed by atoms with Crippen LogP contribution in [0.3, 0.4) is 0 Å².